The summed E-state index contributed by atoms with van der Waals surface area (Å²) in [5.74, 6) is -0.0353. The molecule has 0 radical (unpaired) electrons. The fourth-order valence-corrected chi connectivity index (χ4v) is 3.74. The van der Waals surface area contributed by atoms with Crippen molar-refractivity contribution in [3.63, 3.8) is 0 Å². The van der Waals surface area contributed by atoms with Gasteiger partial charge in [-0.3, -0.25) is 4.79 Å². The molecule has 4 heteroatoms. The highest BCUT2D eigenvalue weighted by atomic mass is 32.1. The van der Waals surface area contributed by atoms with Crippen LogP contribution < -0.4 is 5.32 Å². The molecule has 0 unspecified atom stereocenters. The van der Waals surface area contributed by atoms with Gasteiger partial charge in [0.15, 0.2) is 0 Å². The number of aryl methyl sites for hydroxylation is 1. The van der Waals surface area contributed by atoms with Gasteiger partial charge in [-0.25, -0.2) is 4.98 Å². The van der Waals surface area contributed by atoms with Crippen LogP contribution in [0, 0.1) is 6.92 Å². The van der Waals surface area contributed by atoms with Crippen molar-refractivity contribution in [2.75, 3.05) is 5.32 Å². The molecule has 4 rings (SSSR count). The Bertz CT molecular complexity index is 1090. The van der Waals surface area contributed by atoms with Crippen LogP contribution in [0.2, 0.25) is 0 Å². The zero-order chi connectivity index (χ0) is 19.3. The first-order valence-electron chi connectivity index (χ1n) is 9.15. The van der Waals surface area contributed by atoms with E-state index < -0.39 is 0 Å². The standard InChI is InChI=1S/C24H20N2OS/c1-17-25-23(16-28-17)21-9-5-6-10-22(21)26-24(27)15-18-11-13-20(14-12-18)19-7-3-2-4-8-19/h2-14,16H,15H2,1H3,(H,26,27). The molecule has 138 valence electrons. The minimum Gasteiger partial charge on any atom is -0.325 e. The number of rotatable bonds is 5. The first-order valence-corrected chi connectivity index (χ1v) is 10.0. The molecular weight excluding hydrogens is 364 g/mol. The third kappa shape index (κ3) is 4.18. The number of hydrogen-bond acceptors (Lipinski definition) is 3. The molecule has 0 saturated heterocycles. The summed E-state index contributed by atoms with van der Waals surface area (Å²) in [5, 5.41) is 6.06. The second-order valence-electron chi connectivity index (χ2n) is 6.59. The first-order chi connectivity index (χ1) is 13.7. The third-order valence-electron chi connectivity index (χ3n) is 4.52. The molecule has 0 aliphatic heterocycles. The molecular formula is C24H20N2OS. The number of carbonyl (C=O) groups excluding carboxylic acids is 1. The Hall–Kier alpha value is -3.24. The Morgan fingerprint density at radius 1 is 0.893 bits per heavy atom. The number of carbonyl (C=O) groups is 1. The van der Waals surface area contributed by atoms with Crippen LogP contribution in [0.3, 0.4) is 0 Å². The van der Waals surface area contributed by atoms with Crippen LogP contribution in [0.5, 0.6) is 0 Å². The maximum atomic E-state index is 12.6. The predicted octanol–water partition coefficient (Wildman–Crippen LogP) is 5.97. The van der Waals surface area contributed by atoms with Crippen LogP contribution in [0.1, 0.15) is 10.6 Å². The summed E-state index contributed by atoms with van der Waals surface area (Å²) in [6, 6.07) is 26.2. The normalized spacial score (nSPS) is 10.6. The van der Waals surface area contributed by atoms with Gasteiger partial charge >= 0.3 is 0 Å². The minimum absolute atomic E-state index is 0.0353. The molecule has 0 aliphatic rings. The molecule has 0 atom stereocenters. The van der Waals surface area contributed by atoms with E-state index in [1.54, 1.807) is 11.3 Å². The van der Waals surface area contributed by atoms with E-state index in [1.807, 2.05) is 66.9 Å². The first kappa shape index (κ1) is 18.1. The van der Waals surface area contributed by atoms with Crippen molar-refractivity contribution in [3.8, 4) is 22.4 Å². The van der Waals surface area contributed by atoms with Crippen LogP contribution in [0.25, 0.3) is 22.4 Å². The highest BCUT2D eigenvalue weighted by Gasteiger charge is 2.11. The number of para-hydroxylation sites is 1. The van der Waals surface area contributed by atoms with E-state index >= 15 is 0 Å². The number of hydrogen-bond donors (Lipinski definition) is 1. The van der Waals surface area contributed by atoms with Gasteiger partial charge in [-0.05, 0) is 29.7 Å². The molecule has 0 spiro atoms. The van der Waals surface area contributed by atoms with E-state index in [1.165, 1.54) is 5.56 Å². The topological polar surface area (TPSA) is 42.0 Å². The maximum absolute atomic E-state index is 12.6. The van der Waals surface area contributed by atoms with E-state index in [4.69, 9.17) is 0 Å². The lowest BCUT2D eigenvalue weighted by Gasteiger charge is -2.10. The summed E-state index contributed by atoms with van der Waals surface area (Å²) in [7, 11) is 0. The van der Waals surface area contributed by atoms with E-state index in [9.17, 15) is 4.79 Å². The number of amides is 1. The fraction of sp³-hybridized carbons (Fsp3) is 0.0833. The molecule has 0 fully saturated rings. The molecule has 0 bridgehead atoms. The van der Waals surface area contributed by atoms with Crippen molar-refractivity contribution in [2.45, 2.75) is 13.3 Å². The van der Waals surface area contributed by atoms with Gasteiger partial charge in [-0.2, -0.15) is 0 Å². The van der Waals surface area contributed by atoms with Crippen LogP contribution in [-0.4, -0.2) is 10.9 Å². The lowest BCUT2D eigenvalue weighted by molar-refractivity contribution is -0.115. The van der Waals surface area contributed by atoms with E-state index in [0.29, 0.717) is 6.42 Å². The van der Waals surface area contributed by atoms with E-state index in [2.05, 4.69) is 34.6 Å². The number of anilines is 1. The summed E-state index contributed by atoms with van der Waals surface area (Å²) in [5.41, 5.74) is 5.93. The molecule has 3 nitrogen and oxygen atoms in total. The van der Waals surface area contributed by atoms with Crippen LogP contribution >= 0.6 is 11.3 Å². The van der Waals surface area contributed by atoms with E-state index in [0.717, 1.165) is 33.1 Å². The summed E-state index contributed by atoms with van der Waals surface area (Å²) < 4.78 is 0. The SMILES string of the molecule is Cc1nc(-c2ccccc2NC(=O)Cc2ccc(-c3ccccc3)cc2)cs1. The monoisotopic (exact) mass is 384 g/mol. The predicted molar refractivity (Wildman–Crippen MR) is 116 cm³/mol. The van der Waals surface area contributed by atoms with Crippen molar-refractivity contribution < 1.29 is 4.79 Å². The van der Waals surface area contributed by atoms with Crippen LogP contribution in [-0.2, 0) is 11.2 Å². The molecule has 1 heterocycles. The number of nitrogens with zero attached hydrogens (tertiary/aromatic N) is 1. The lowest BCUT2D eigenvalue weighted by atomic mass is 10.0. The number of benzene rings is 3. The molecule has 28 heavy (non-hydrogen) atoms. The maximum Gasteiger partial charge on any atom is 0.228 e. The Balaban J connectivity index is 1.47. The van der Waals surface area contributed by atoms with Crippen molar-refractivity contribution in [2.24, 2.45) is 0 Å². The number of nitrogens with one attached hydrogen (secondary N) is 1. The van der Waals surface area contributed by atoms with Crippen LogP contribution in [0.4, 0.5) is 5.69 Å². The summed E-state index contributed by atoms with van der Waals surface area (Å²) in [4.78, 5) is 17.1. The Kier molecular flexibility index (Phi) is 5.31. The average molecular weight is 385 g/mol. The smallest absolute Gasteiger partial charge is 0.228 e. The number of aromatic nitrogens is 1. The molecule has 0 saturated carbocycles. The Morgan fingerprint density at radius 2 is 1.57 bits per heavy atom. The van der Waals surface area contributed by atoms with Crippen molar-refractivity contribution in [1.29, 1.82) is 0 Å². The average Bonchev–Trinajstić information content (AvgIpc) is 3.16. The molecule has 1 amide bonds. The molecule has 4 aromatic rings. The lowest BCUT2D eigenvalue weighted by Crippen LogP contribution is -2.15. The fourth-order valence-electron chi connectivity index (χ4n) is 3.13. The molecule has 0 aliphatic carbocycles. The van der Waals surface area contributed by atoms with Crippen LogP contribution in [0.15, 0.2) is 84.2 Å². The molecule has 1 aromatic heterocycles. The second-order valence-corrected chi connectivity index (χ2v) is 7.65. The zero-order valence-electron chi connectivity index (χ0n) is 15.6. The largest absolute Gasteiger partial charge is 0.325 e. The van der Waals surface area contributed by atoms with Gasteiger partial charge in [0.1, 0.15) is 0 Å². The van der Waals surface area contributed by atoms with Gasteiger partial charge in [0.05, 0.1) is 22.8 Å². The highest BCUT2D eigenvalue weighted by Crippen LogP contribution is 2.29. The van der Waals surface area contributed by atoms with Gasteiger partial charge in [0.2, 0.25) is 5.91 Å². The summed E-state index contributed by atoms with van der Waals surface area (Å²) >= 11 is 1.61. The Labute approximate surface area is 168 Å². The minimum atomic E-state index is -0.0353. The van der Waals surface area contributed by atoms with Crippen molar-refractivity contribution >= 4 is 22.9 Å². The summed E-state index contributed by atoms with van der Waals surface area (Å²) in [6.45, 7) is 1.98. The Morgan fingerprint density at radius 3 is 2.29 bits per heavy atom. The van der Waals surface area contributed by atoms with E-state index in [-0.39, 0.29) is 5.91 Å². The summed E-state index contributed by atoms with van der Waals surface area (Å²) in [6.07, 6.45) is 0.333. The van der Waals surface area contributed by atoms with Gasteiger partial charge in [-0.15, -0.1) is 11.3 Å². The van der Waals surface area contributed by atoms with Crippen molar-refractivity contribution in [1.82, 2.24) is 4.98 Å². The zero-order valence-corrected chi connectivity index (χ0v) is 16.4. The second kappa shape index (κ2) is 8.19. The number of thiazole rings is 1. The van der Waals surface area contributed by atoms with Gasteiger partial charge < -0.3 is 5.32 Å². The van der Waals surface area contributed by atoms with Gasteiger partial charge in [0.25, 0.3) is 0 Å². The third-order valence-corrected chi connectivity index (χ3v) is 5.30. The van der Waals surface area contributed by atoms with Gasteiger partial charge in [-0.1, -0.05) is 72.8 Å². The molecule has 1 N–H and O–H groups in total. The van der Waals surface area contributed by atoms with Crippen molar-refractivity contribution in [3.05, 3.63) is 94.8 Å². The highest BCUT2D eigenvalue weighted by molar-refractivity contribution is 7.09. The molecule has 3 aromatic carbocycles. The van der Waals surface area contributed by atoms with Gasteiger partial charge in [0, 0.05) is 10.9 Å². The quantitative estimate of drug-likeness (QED) is 0.461.